The van der Waals surface area contributed by atoms with E-state index in [-0.39, 0.29) is 11.4 Å². The molecule has 6 nitrogen and oxygen atoms in total. The Morgan fingerprint density at radius 2 is 2.12 bits per heavy atom. The number of aromatic nitrogens is 2. The Morgan fingerprint density at radius 3 is 2.80 bits per heavy atom. The Morgan fingerprint density at radius 1 is 1.28 bits per heavy atom. The minimum absolute atomic E-state index is 0.138. The number of thiazole rings is 1. The summed E-state index contributed by atoms with van der Waals surface area (Å²) in [4.78, 5) is 8.75. The van der Waals surface area contributed by atoms with Crippen molar-refractivity contribution in [1.29, 1.82) is 0 Å². The molecule has 2 heterocycles. The molecule has 0 radical (unpaired) electrons. The van der Waals surface area contributed by atoms with Crippen LogP contribution in [0.4, 0.5) is 0 Å². The van der Waals surface area contributed by atoms with Crippen LogP contribution in [-0.2, 0) is 16.6 Å². The summed E-state index contributed by atoms with van der Waals surface area (Å²) in [6.07, 6.45) is 3.42. The number of sulfonamides is 1. The van der Waals surface area contributed by atoms with Crippen LogP contribution in [0.2, 0.25) is 0 Å². The van der Waals surface area contributed by atoms with Crippen molar-refractivity contribution >= 4 is 21.4 Å². The van der Waals surface area contributed by atoms with Crippen molar-refractivity contribution in [2.45, 2.75) is 18.4 Å². The van der Waals surface area contributed by atoms with Gasteiger partial charge in [-0.3, -0.25) is 4.98 Å². The van der Waals surface area contributed by atoms with E-state index in [0.717, 1.165) is 11.3 Å². The van der Waals surface area contributed by atoms with E-state index < -0.39 is 10.0 Å². The number of pyridine rings is 1. The molecule has 0 saturated carbocycles. The van der Waals surface area contributed by atoms with Gasteiger partial charge in [0, 0.05) is 23.3 Å². The van der Waals surface area contributed by atoms with E-state index in [1.807, 2.05) is 17.5 Å². The molecule has 8 heteroatoms. The number of rotatable bonds is 6. The Balaban J connectivity index is 1.74. The van der Waals surface area contributed by atoms with Crippen LogP contribution in [0.15, 0.2) is 53.0 Å². The van der Waals surface area contributed by atoms with E-state index in [2.05, 4.69) is 14.7 Å². The van der Waals surface area contributed by atoms with E-state index in [1.165, 1.54) is 11.3 Å². The standard InChI is InChI=1S/C17H17N3O3S2/c1-12-8-14(23-2)5-6-16(12)25(21,22)19-10-17-20-15(11-24-17)13-4-3-7-18-9-13/h3-9,11,19H,10H2,1-2H3. The van der Waals surface area contributed by atoms with Crippen molar-refractivity contribution in [2.24, 2.45) is 0 Å². The normalized spacial score (nSPS) is 11.4. The summed E-state index contributed by atoms with van der Waals surface area (Å²) in [7, 11) is -2.08. The summed E-state index contributed by atoms with van der Waals surface area (Å²) < 4.78 is 32.7. The van der Waals surface area contributed by atoms with Gasteiger partial charge in [-0.05, 0) is 42.8 Å². The van der Waals surface area contributed by atoms with Gasteiger partial charge in [-0.1, -0.05) is 0 Å². The second-order valence-corrected chi connectivity index (χ2v) is 8.00. The summed E-state index contributed by atoms with van der Waals surface area (Å²) in [5.41, 5.74) is 2.31. The molecule has 0 amide bonds. The van der Waals surface area contributed by atoms with Gasteiger partial charge < -0.3 is 4.74 Å². The Hall–Kier alpha value is -2.29. The highest BCUT2D eigenvalue weighted by molar-refractivity contribution is 7.89. The molecule has 3 rings (SSSR count). The molecule has 1 aromatic carbocycles. The highest BCUT2D eigenvalue weighted by Gasteiger charge is 2.18. The molecule has 0 aliphatic heterocycles. The molecule has 0 spiro atoms. The zero-order chi connectivity index (χ0) is 17.9. The maximum absolute atomic E-state index is 12.5. The number of nitrogens with zero attached hydrogens (tertiary/aromatic N) is 2. The molecule has 0 saturated heterocycles. The first-order chi connectivity index (χ1) is 12.0. The lowest BCUT2D eigenvalue weighted by atomic mass is 10.2. The van der Waals surface area contributed by atoms with Crippen LogP contribution < -0.4 is 9.46 Å². The lowest BCUT2D eigenvalue weighted by Crippen LogP contribution is -2.24. The first-order valence-electron chi connectivity index (χ1n) is 7.49. The monoisotopic (exact) mass is 375 g/mol. The number of benzene rings is 1. The lowest BCUT2D eigenvalue weighted by molar-refractivity contribution is 0.414. The van der Waals surface area contributed by atoms with Crippen molar-refractivity contribution in [3.8, 4) is 17.0 Å². The molecule has 25 heavy (non-hydrogen) atoms. The highest BCUT2D eigenvalue weighted by Crippen LogP contribution is 2.23. The average Bonchev–Trinajstić information content (AvgIpc) is 3.09. The average molecular weight is 375 g/mol. The first kappa shape index (κ1) is 17.5. The minimum Gasteiger partial charge on any atom is -0.497 e. The smallest absolute Gasteiger partial charge is 0.241 e. The van der Waals surface area contributed by atoms with Crippen LogP contribution >= 0.6 is 11.3 Å². The van der Waals surface area contributed by atoms with E-state index in [1.54, 1.807) is 44.6 Å². The Kier molecular flexibility index (Phi) is 5.12. The van der Waals surface area contributed by atoms with Gasteiger partial charge in [-0.2, -0.15) is 0 Å². The fourth-order valence-corrected chi connectivity index (χ4v) is 4.37. The van der Waals surface area contributed by atoms with Gasteiger partial charge >= 0.3 is 0 Å². The summed E-state index contributed by atoms with van der Waals surface area (Å²) in [5.74, 6) is 0.623. The van der Waals surface area contributed by atoms with Gasteiger partial charge in [0.2, 0.25) is 10.0 Å². The molecule has 0 fully saturated rings. The maximum Gasteiger partial charge on any atom is 0.241 e. The van der Waals surface area contributed by atoms with Crippen molar-refractivity contribution in [3.05, 3.63) is 58.7 Å². The van der Waals surface area contributed by atoms with Gasteiger partial charge in [-0.25, -0.2) is 18.1 Å². The van der Waals surface area contributed by atoms with Crippen LogP contribution in [-0.4, -0.2) is 25.5 Å². The van der Waals surface area contributed by atoms with Crippen molar-refractivity contribution in [3.63, 3.8) is 0 Å². The Bertz CT molecular complexity index is 970. The topological polar surface area (TPSA) is 81.2 Å². The van der Waals surface area contributed by atoms with Gasteiger partial charge in [0.15, 0.2) is 0 Å². The fourth-order valence-electron chi connectivity index (χ4n) is 2.32. The summed E-state index contributed by atoms with van der Waals surface area (Å²) >= 11 is 1.40. The number of aryl methyl sites for hydroxylation is 1. The fraction of sp³-hybridized carbons (Fsp3) is 0.176. The first-order valence-corrected chi connectivity index (χ1v) is 9.85. The molecular weight excluding hydrogens is 358 g/mol. The molecule has 2 aromatic heterocycles. The number of hydrogen-bond acceptors (Lipinski definition) is 6. The molecular formula is C17H17N3O3S2. The lowest BCUT2D eigenvalue weighted by Gasteiger charge is -2.09. The molecule has 0 unspecified atom stereocenters. The van der Waals surface area contributed by atoms with E-state index in [9.17, 15) is 8.42 Å². The van der Waals surface area contributed by atoms with Gasteiger partial charge in [0.1, 0.15) is 10.8 Å². The Labute approximate surface area is 150 Å². The predicted molar refractivity (Wildman–Crippen MR) is 97.1 cm³/mol. The molecule has 0 atom stereocenters. The number of methoxy groups -OCH3 is 1. The zero-order valence-electron chi connectivity index (χ0n) is 13.8. The molecule has 0 bridgehead atoms. The summed E-state index contributed by atoms with van der Waals surface area (Å²) in [6, 6.07) is 8.61. The number of hydrogen-bond donors (Lipinski definition) is 1. The van der Waals surface area contributed by atoms with Crippen LogP contribution in [0.5, 0.6) is 5.75 Å². The maximum atomic E-state index is 12.5. The van der Waals surface area contributed by atoms with E-state index in [0.29, 0.717) is 16.3 Å². The van der Waals surface area contributed by atoms with Crippen molar-refractivity contribution < 1.29 is 13.2 Å². The third-order valence-corrected chi connectivity index (χ3v) is 6.00. The third kappa shape index (κ3) is 4.04. The SMILES string of the molecule is COc1ccc(S(=O)(=O)NCc2nc(-c3cccnc3)cs2)c(C)c1. The summed E-state index contributed by atoms with van der Waals surface area (Å²) in [5, 5.41) is 2.58. The van der Waals surface area contributed by atoms with Crippen LogP contribution in [0, 0.1) is 6.92 Å². The third-order valence-electron chi connectivity index (χ3n) is 3.59. The number of ether oxygens (including phenoxy) is 1. The van der Waals surface area contributed by atoms with Gasteiger partial charge in [0.25, 0.3) is 0 Å². The highest BCUT2D eigenvalue weighted by atomic mass is 32.2. The van der Waals surface area contributed by atoms with Crippen LogP contribution in [0.25, 0.3) is 11.3 Å². The van der Waals surface area contributed by atoms with Crippen LogP contribution in [0.1, 0.15) is 10.6 Å². The molecule has 3 aromatic rings. The molecule has 0 aliphatic rings. The second kappa shape index (κ2) is 7.30. The van der Waals surface area contributed by atoms with Crippen molar-refractivity contribution in [1.82, 2.24) is 14.7 Å². The van der Waals surface area contributed by atoms with E-state index >= 15 is 0 Å². The van der Waals surface area contributed by atoms with Gasteiger partial charge in [0.05, 0.1) is 24.2 Å². The van der Waals surface area contributed by atoms with E-state index in [4.69, 9.17) is 4.74 Å². The largest absolute Gasteiger partial charge is 0.497 e. The summed E-state index contributed by atoms with van der Waals surface area (Å²) in [6.45, 7) is 1.87. The van der Waals surface area contributed by atoms with Crippen LogP contribution in [0.3, 0.4) is 0 Å². The predicted octanol–water partition coefficient (Wildman–Crippen LogP) is 3.00. The molecule has 1 N–H and O–H groups in total. The molecule has 130 valence electrons. The quantitative estimate of drug-likeness (QED) is 0.716. The second-order valence-electron chi connectivity index (χ2n) is 5.32. The molecule has 0 aliphatic carbocycles. The zero-order valence-corrected chi connectivity index (χ0v) is 15.4. The van der Waals surface area contributed by atoms with Crippen molar-refractivity contribution in [2.75, 3.05) is 7.11 Å². The van der Waals surface area contributed by atoms with Gasteiger partial charge in [-0.15, -0.1) is 11.3 Å². The minimum atomic E-state index is -3.62. The number of nitrogens with one attached hydrogen (secondary N) is 1.